The maximum atomic E-state index is 4.45. The van der Waals surface area contributed by atoms with E-state index in [1.165, 1.54) is 11.3 Å². The predicted molar refractivity (Wildman–Crippen MR) is 58.4 cm³/mol. The molecule has 1 aromatic rings. The number of hydrogen-bond donors (Lipinski definition) is 0. The van der Waals surface area contributed by atoms with Gasteiger partial charge in [0.05, 0.1) is 0 Å². The third-order valence-electron chi connectivity index (χ3n) is 2.04. The smallest absolute Gasteiger partial charge is 0.0360 e. The van der Waals surface area contributed by atoms with Crippen LogP contribution in [0.15, 0.2) is 35.3 Å². The maximum absolute atomic E-state index is 4.45. The molecule has 0 saturated carbocycles. The first-order valence-corrected chi connectivity index (χ1v) is 4.93. The Balaban J connectivity index is 2.62. The van der Waals surface area contributed by atoms with Gasteiger partial charge in [-0.25, -0.2) is 0 Å². The average molecular weight is 175 g/mol. The molecule has 0 fully saturated rings. The molecule has 1 nitrogen and oxygen atoms in total. The van der Waals surface area contributed by atoms with E-state index in [1.54, 1.807) is 0 Å². The molecular formula is C12H17N. The molecule has 0 unspecified atom stereocenters. The van der Waals surface area contributed by atoms with E-state index in [4.69, 9.17) is 0 Å². The minimum absolute atomic E-state index is 0.899. The van der Waals surface area contributed by atoms with E-state index in [0.717, 1.165) is 19.4 Å². The van der Waals surface area contributed by atoms with Gasteiger partial charge in [0.2, 0.25) is 0 Å². The Morgan fingerprint density at radius 3 is 2.38 bits per heavy atom. The topological polar surface area (TPSA) is 12.4 Å². The molecule has 1 heteroatoms. The fourth-order valence-corrected chi connectivity index (χ4v) is 1.35. The third-order valence-corrected chi connectivity index (χ3v) is 2.04. The van der Waals surface area contributed by atoms with Gasteiger partial charge < -0.3 is 0 Å². The first-order valence-electron chi connectivity index (χ1n) is 4.93. The summed E-state index contributed by atoms with van der Waals surface area (Å²) in [5.41, 5.74) is 2.66. The standard InChI is InChI=1S/C12H17N/c1-3-12(13-4-2)10-11-8-6-5-7-9-11/h5-9H,3-4,10H2,1-2H3. The highest BCUT2D eigenvalue weighted by molar-refractivity contribution is 5.86. The van der Waals surface area contributed by atoms with Crippen molar-refractivity contribution in [1.29, 1.82) is 0 Å². The Morgan fingerprint density at radius 2 is 1.85 bits per heavy atom. The molecule has 0 aliphatic rings. The van der Waals surface area contributed by atoms with Crippen molar-refractivity contribution in [3.05, 3.63) is 35.9 Å². The quantitative estimate of drug-likeness (QED) is 0.623. The molecule has 70 valence electrons. The monoisotopic (exact) mass is 175 g/mol. The zero-order valence-corrected chi connectivity index (χ0v) is 8.46. The van der Waals surface area contributed by atoms with E-state index < -0.39 is 0 Å². The molecule has 0 amide bonds. The summed E-state index contributed by atoms with van der Waals surface area (Å²) in [4.78, 5) is 4.45. The van der Waals surface area contributed by atoms with Crippen molar-refractivity contribution >= 4 is 5.71 Å². The number of rotatable bonds is 4. The van der Waals surface area contributed by atoms with Crippen molar-refractivity contribution in [3.63, 3.8) is 0 Å². The Hall–Kier alpha value is -1.11. The summed E-state index contributed by atoms with van der Waals surface area (Å²) >= 11 is 0. The number of aliphatic imine (C=N–C) groups is 1. The molecule has 0 heterocycles. The molecule has 0 spiro atoms. The Kier molecular flexibility index (Phi) is 4.24. The molecule has 0 aliphatic heterocycles. The lowest BCUT2D eigenvalue weighted by molar-refractivity contribution is 1.07. The van der Waals surface area contributed by atoms with Crippen LogP contribution in [0.1, 0.15) is 25.8 Å². The van der Waals surface area contributed by atoms with Crippen molar-refractivity contribution in [2.45, 2.75) is 26.7 Å². The van der Waals surface area contributed by atoms with Gasteiger partial charge in [-0.05, 0) is 18.9 Å². The van der Waals surface area contributed by atoms with Crippen LogP contribution in [0.2, 0.25) is 0 Å². The van der Waals surface area contributed by atoms with Crippen molar-refractivity contribution < 1.29 is 0 Å². The second kappa shape index (κ2) is 5.52. The molecule has 0 N–H and O–H groups in total. The molecule has 0 saturated heterocycles. The van der Waals surface area contributed by atoms with E-state index in [1.807, 2.05) is 6.07 Å². The van der Waals surface area contributed by atoms with Gasteiger partial charge in [0, 0.05) is 18.7 Å². The Labute approximate surface area is 80.5 Å². The van der Waals surface area contributed by atoms with Crippen LogP contribution in [0, 0.1) is 0 Å². The van der Waals surface area contributed by atoms with Crippen molar-refractivity contribution in [1.82, 2.24) is 0 Å². The minimum Gasteiger partial charge on any atom is -0.294 e. The summed E-state index contributed by atoms with van der Waals surface area (Å²) in [6, 6.07) is 10.5. The highest BCUT2D eigenvalue weighted by Gasteiger charge is 1.96. The normalized spacial score (nSPS) is 11.7. The molecular weight excluding hydrogens is 158 g/mol. The summed E-state index contributed by atoms with van der Waals surface area (Å²) in [7, 11) is 0. The van der Waals surface area contributed by atoms with E-state index in [-0.39, 0.29) is 0 Å². The van der Waals surface area contributed by atoms with Gasteiger partial charge in [-0.2, -0.15) is 0 Å². The average Bonchev–Trinajstić information content (AvgIpc) is 2.19. The van der Waals surface area contributed by atoms with Gasteiger partial charge >= 0.3 is 0 Å². The predicted octanol–water partition coefficient (Wildman–Crippen LogP) is 3.10. The molecule has 13 heavy (non-hydrogen) atoms. The first-order chi connectivity index (χ1) is 6.36. The van der Waals surface area contributed by atoms with Gasteiger partial charge in [-0.3, -0.25) is 4.99 Å². The van der Waals surface area contributed by atoms with Gasteiger partial charge in [-0.15, -0.1) is 0 Å². The SMILES string of the molecule is CCN=C(CC)Cc1ccccc1. The van der Waals surface area contributed by atoms with E-state index in [9.17, 15) is 0 Å². The second-order valence-corrected chi connectivity index (χ2v) is 3.06. The van der Waals surface area contributed by atoms with Gasteiger partial charge in [0.1, 0.15) is 0 Å². The fraction of sp³-hybridized carbons (Fsp3) is 0.417. The third kappa shape index (κ3) is 3.41. The second-order valence-electron chi connectivity index (χ2n) is 3.06. The lowest BCUT2D eigenvalue weighted by Crippen LogP contribution is -2.01. The summed E-state index contributed by atoms with van der Waals surface area (Å²) in [6.45, 7) is 5.15. The van der Waals surface area contributed by atoms with Crippen molar-refractivity contribution in [2.24, 2.45) is 4.99 Å². The lowest BCUT2D eigenvalue weighted by atomic mass is 10.1. The van der Waals surface area contributed by atoms with Crippen LogP contribution in [-0.2, 0) is 6.42 Å². The zero-order valence-electron chi connectivity index (χ0n) is 8.46. The van der Waals surface area contributed by atoms with Crippen LogP contribution < -0.4 is 0 Å². The zero-order chi connectivity index (χ0) is 9.52. The first kappa shape index (κ1) is 9.97. The summed E-state index contributed by atoms with van der Waals surface area (Å²) in [5.74, 6) is 0. The van der Waals surface area contributed by atoms with Crippen LogP contribution in [-0.4, -0.2) is 12.3 Å². The number of benzene rings is 1. The maximum Gasteiger partial charge on any atom is 0.0360 e. The van der Waals surface area contributed by atoms with Crippen LogP contribution in [0.4, 0.5) is 0 Å². The van der Waals surface area contributed by atoms with Gasteiger partial charge in [0.15, 0.2) is 0 Å². The van der Waals surface area contributed by atoms with E-state index in [0.29, 0.717) is 0 Å². The van der Waals surface area contributed by atoms with Crippen molar-refractivity contribution in [2.75, 3.05) is 6.54 Å². The molecule has 0 atom stereocenters. The van der Waals surface area contributed by atoms with E-state index >= 15 is 0 Å². The minimum atomic E-state index is 0.899. The summed E-state index contributed by atoms with van der Waals surface area (Å²) < 4.78 is 0. The Bertz CT molecular complexity index is 262. The van der Waals surface area contributed by atoms with Crippen LogP contribution in [0.5, 0.6) is 0 Å². The Morgan fingerprint density at radius 1 is 1.15 bits per heavy atom. The van der Waals surface area contributed by atoms with Crippen molar-refractivity contribution in [3.8, 4) is 0 Å². The van der Waals surface area contributed by atoms with Crippen LogP contribution in [0.3, 0.4) is 0 Å². The van der Waals surface area contributed by atoms with Gasteiger partial charge in [-0.1, -0.05) is 37.3 Å². The fourth-order valence-electron chi connectivity index (χ4n) is 1.35. The molecule has 1 aromatic carbocycles. The molecule has 1 rings (SSSR count). The van der Waals surface area contributed by atoms with E-state index in [2.05, 4.69) is 43.1 Å². The number of hydrogen-bond acceptors (Lipinski definition) is 1. The summed E-state index contributed by atoms with van der Waals surface area (Å²) in [5, 5.41) is 0. The largest absolute Gasteiger partial charge is 0.294 e. The van der Waals surface area contributed by atoms with Crippen LogP contribution >= 0.6 is 0 Å². The lowest BCUT2D eigenvalue weighted by Gasteiger charge is -2.02. The molecule has 0 aliphatic carbocycles. The summed E-state index contributed by atoms with van der Waals surface area (Å²) in [6.07, 6.45) is 2.06. The van der Waals surface area contributed by atoms with Gasteiger partial charge in [0.25, 0.3) is 0 Å². The molecule has 0 bridgehead atoms. The number of nitrogens with zero attached hydrogens (tertiary/aromatic N) is 1. The highest BCUT2D eigenvalue weighted by Crippen LogP contribution is 2.02. The highest BCUT2D eigenvalue weighted by atomic mass is 14.7. The molecule has 0 radical (unpaired) electrons. The van der Waals surface area contributed by atoms with Crippen LogP contribution in [0.25, 0.3) is 0 Å². The molecule has 0 aromatic heterocycles.